The molecule has 3 N–H and O–H groups in total. The first-order chi connectivity index (χ1) is 6.38. The largest absolute Gasteiger partial charge is 0.508 e. The molecule has 14 heavy (non-hydrogen) atoms. The van der Waals surface area contributed by atoms with E-state index < -0.39 is 5.60 Å². The van der Waals surface area contributed by atoms with Crippen LogP contribution in [0.5, 0.6) is 11.5 Å². The van der Waals surface area contributed by atoms with E-state index in [0.717, 1.165) is 0 Å². The van der Waals surface area contributed by atoms with E-state index in [1.165, 1.54) is 12.1 Å². The topological polar surface area (TPSA) is 60.7 Å². The molecule has 1 aromatic rings. The third-order valence-corrected chi connectivity index (χ3v) is 2.58. The van der Waals surface area contributed by atoms with Crippen molar-refractivity contribution in [3.05, 3.63) is 23.3 Å². The van der Waals surface area contributed by atoms with Crippen molar-refractivity contribution >= 4 is 0 Å². The van der Waals surface area contributed by atoms with Gasteiger partial charge in [-0.05, 0) is 38.0 Å². The van der Waals surface area contributed by atoms with Crippen LogP contribution in [0.25, 0.3) is 0 Å². The summed E-state index contributed by atoms with van der Waals surface area (Å²) in [6.45, 7) is 5.12. The number of aryl methyl sites for hydroxylation is 1. The molecule has 1 rings (SSSR count). The number of benzene rings is 1. The average Bonchev–Trinajstić information content (AvgIpc) is 2.11. The summed E-state index contributed by atoms with van der Waals surface area (Å²) in [6.07, 6.45) is 0.475. The third-order valence-electron chi connectivity index (χ3n) is 2.58. The van der Waals surface area contributed by atoms with Gasteiger partial charge in [-0.3, -0.25) is 0 Å². The minimum Gasteiger partial charge on any atom is -0.508 e. The Kier molecular flexibility index (Phi) is 2.71. The first-order valence-electron chi connectivity index (χ1n) is 4.64. The third kappa shape index (κ3) is 1.82. The fraction of sp³-hybridized carbons (Fsp3) is 0.455. The lowest BCUT2D eigenvalue weighted by molar-refractivity contribution is 0.0503. The average molecular weight is 196 g/mol. The quantitative estimate of drug-likeness (QED) is 0.634. The van der Waals surface area contributed by atoms with Crippen LogP contribution in [0.2, 0.25) is 0 Å². The molecule has 0 aliphatic carbocycles. The summed E-state index contributed by atoms with van der Waals surface area (Å²) in [5.74, 6) is 0.110. The highest BCUT2D eigenvalue weighted by atomic mass is 16.3. The van der Waals surface area contributed by atoms with Gasteiger partial charge >= 0.3 is 0 Å². The van der Waals surface area contributed by atoms with Crippen LogP contribution in [-0.2, 0) is 5.60 Å². The van der Waals surface area contributed by atoms with Crippen LogP contribution in [0.3, 0.4) is 0 Å². The van der Waals surface area contributed by atoms with Gasteiger partial charge in [0.25, 0.3) is 0 Å². The molecule has 1 aromatic carbocycles. The van der Waals surface area contributed by atoms with Crippen LogP contribution in [0.15, 0.2) is 12.1 Å². The van der Waals surface area contributed by atoms with Gasteiger partial charge in [0.2, 0.25) is 0 Å². The van der Waals surface area contributed by atoms with Crippen molar-refractivity contribution in [3.8, 4) is 11.5 Å². The predicted octanol–water partition coefficient (Wildman–Crippen LogP) is 2.02. The molecule has 0 saturated carbocycles. The smallest absolute Gasteiger partial charge is 0.122 e. The van der Waals surface area contributed by atoms with Crippen LogP contribution in [-0.4, -0.2) is 15.3 Å². The molecule has 3 heteroatoms. The summed E-state index contributed by atoms with van der Waals surface area (Å²) in [5, 5.41) is 29.0. The molecule has 0 aliphatic heterocycles. The molecular weight excluding hydrogens is 180 g/mol. The molecule has 0 aliphatic rings. The molecule has 0 radical (unpaired) electrons. The van der Waals surface area contributed by atoms with Gasteiger partial charge < -0.3 is 15.3 Å². The van der Waals surface area contributed by atoms with Gasteiger partial charge in [-0.1, -0.05) is 6.92 Å². The van der Waals surface area contributed by atoms with Crippen LogP contribution in [0.1, 0.15) is 31.4 Å². The Bertz CT molecular complexity index is 343. The number of phenols is 2. The van der Waals surface area contributed by atoms with Gasteiger partial charge in [0.05, 0.1) is 5.60 Å². The number of rotatable bonds is 2. The summed E-state index contributed by atoms with van der Waals surface area (Å²) in [4.78, 5) is 0. The maximum Gasteiger partial charge on any atom is 0.122 e. The second-order valence-electron chi connectivity index (χ2n) is 3.78. The Morgan fingerprint density at radius 3 is 2.29 bits per heavy atom. The monoisotopic (exact) mass is 196 g/mol. The van der Waals surface area contributed by atoms with Crippen molar-refractivity contribution in [2.45, 2.75) is 32.8 Å². The van der Waals surface area contributed by atoms with Crippen molar-refractivity contribution in [2.75, 3.05) is 0 Å². The second-order valence-corrected chi connectivity index (χ2v) is 3.78. The molecule has 0 heterocycles. The van der Waals surface area contributed by atoms with Crippen LogP contribution >= 0.6 is 0 Å². The van der Waals surface area contributed by atoms with Crippen molar-refractivity contribution in [3.63, 3.8) is 0 Å². The number of hydrogen-bond donors (Lipinski definition) is 3. The van der Waals surface area contributed by atoms with Gasteiger partial charge in [-0.15, -0.1) is 0 Å². The van der Waals surface area contributed by atoms with Gasteiger partial charge in [-0.25, -0.2) is 0 Å². The summed E-state index contributed by atoms with van der Waals surface area (Å²) in [6, 6.07) is 2.86. The van der Waals surface area contributed by atoms with Crippen molar-refractivity contribution in [1.29, 1.82) is 0 Å². The standard InChI is InChI=1S/C11H16O3/c1-4-11(3,14)8-6-9(12)7(2)5-10(8)13/h5-6,12-14H,4H2,1-3H3. The Balaban J connectivity index is 3.29. The van der Waals surface area contributed by atoms with E-state index in [1.807, 2.05) is 6.92 Å². The highest BCUT2D eigenvalue weighted by molar-refractivity contribution is 5.46. The van der Waals surface area contributed by atoms with E-state index in [4.69, 9.17) is 0 Å². The van der Waals surface area contributed by atoms with E-state index in [1.54, 1.807) is 13.8 Å². The molecule has 0 spiro atoms. The first kappa shape index (κ1) is 10.9. The van der Waals surface area contributed by atoms with Gasteiger partial charge in [0.1, 0.15) is 11.5 Å². The fourth-order valence-electron chi connectivity index (χ4n) is 1.30. The molecule has 78 valence electrons. The second kappa shape index (κ2) is 3.50. The van der Waals surface area contributed by atoms with Crippen LogP contribution in [0.4, 0.5) is 0 Å². The molecule has 3 nitrogen and oxygen atoms in total. The number of hydrogen-bond acceptors (Lipinski definition) is 3. The molecule has 0 aromatic heterocycles. The molecular formula is C11H16O3. The van der Waals surface area contributed by atoms with E-state index in [9.17, 15) is 15.3 Å². The summed E-state index contributed by atoms with van der Waals surface area (Å²) in [7, 11) is 0. The molecule has 0 bridgehead atoms. The van der Waals surface area contributed by atoms with Crippen LogP contribution in [0, 0.1) is 6.92 Å². The zero-order chi connectivity index (χ0) is 10.9. The highest BCUT2D eigenvalue weighted by Crippen LogP contribution is 2.35. The molecule has 0 saturated heterocycles. The van der Waals surface area contributed by atoms with E-state index in [2.05, 4.69) is 0 Å². The lowest BCUT2D eigenvalue weighted by Crippen LogP contribution is -2.19. The van der Waals surface area contributed by atoms with E-state index in [-0.39, 0.29) is 11.5 Å². The molecule has 0 amide bonds. The summed E-state index contributed by atoms with van der Waals surface area (Å²) in [5.41, 5.74) is -0.142. The first-order valence-corrected chi connectivity index (χ1v) is 4.64. The van der Waals surface area contributed by atoms with Gasteiger partial charge in [0, 0.05) is 5.56 Å². The van der Waals surface area contributed by atoms with Crippen LogP contribution < -0.4 is 0 Å². The highest BCUT2D eigenvalue weighted by Gasteiger charge is 2.25. The number of aliphatic hydroxyl groups is 1. The van der Waals surface area contributed by atoms with Crippen molar-refractivity contribution < 1.29 is 15.3 Å². The lowest BCUT2D eigenvalue weighted by Gasteiger charge is -2.23. The van der Waals surface area contributed by atoms with Gasteiger partial charge in [-0.2, -0.15) is 0 Å². The minimum atomic E-state index is -1.10. The number of aromatic hydroxyl groups is 2. The normalized spacial score (nSPS) is 15.1. The fourth-order valence-corrected chi connectivity index (χ4v) is 1.30. The molecule has 0 fully saturated rings. The summed E-state index contributed by atoms with van der Waals surface area (Å²) < 4.78 is 0. The Morgan fingerprint density at radius 2 is 1.79 bits per heavy atom. The summed E-state index contributed by atoms with van der Waals surface area (Å²) >= 11 is 0. The predicted molar refractivity (Wildman–Crippen MR) is 54.4 cm³/mol. The molecule has 1 atom stereocenters. The number of phenolic OH excluding ortho intramolecular Hbond substituents is 2. The van der Waals surface area contributed by atoms with Crippen molar-refractivity contribution in [2.24, 2.45) is 0 Å². The SMILES string of the molecule is CCC(C)(O)c1cc(O)c(C)cc1O. The maximum atomic E-state index is 9.92. The Morgan fingerprint density at radius 1 is 1.21 bits per heavy atom. The zero-order valence-electron chi connectivity index (χ0n) is 8.70. The van der Waals surface area contributed by atoms with E-state index >= 15 is 0 Å². The minimum absolute atomic E-state index is 0.0205. The Hall–Kier alpha value is -1.22. The zero-order valence-corrected chi connectivity index (χ0v) is 8.70. The Labute approximate surface area is 83.6 Å². The van der Waals surface area contributed by atoms with E-state index in [0.29, 0.717) is 17.5 Å². The van der Waals surface area contributed by atoms with Crippen molar-refractivity contribution in [1.82, 2.24) is 0 Å². The maximum absolute atomic E-state index is 9.92. The molecule has 1 unspecified atom stereocenters. The lowest BCUT2D eigenvalue weighted by atomic mass is 9.91. The van der Waals surface area contributed by atoms with Gasteiger partial charge in [0.15, 0.2) is 0 Å².